The zero-order valence-corrected chi connectivity index (χ0v) is 15.9. The summed E-state index contributed by atoms with van der Waals surface area (Å²) in [7, 11) is 0. The Morgan fingerprint density at radius 1 is 1.32 bits per heavy atom. The van der Waals surface area contributed by atoms with Gasteiger partial charge in [-0.1, -0.05) is 40.5 Å². The lowest BCUT2D eigenvalue weighted by atomic mass is 10.1. The molecule has 2 rings (SSSR count). The van der Waals surface area contributed by atoms with Crippen molar-refractivity contribution >= 4 is 29.1 Å². The van der Waals surface area contributed by atoms with Gasteiger partial charge in [0, 0.05) is 23.7 Å². The number of halogens is 5. The van der Waals surface area contributed by atoms with Gasteiger partial charge in [0.05, 0.1) is 6.61 Å². The van der Waals surface area contributed by atoms with Crippen LogP contribution in [0, 0.1) is 0 Å². The monoisotopic (exact) mass is 438 g/mol. The molecule has 0 aliphatic heterocycles. The molecule has 7 nitrogen and oxygen atoms in total. The van der Waals surface area contributed by atoms with Gasteiger partial charge in [0.1, 0.15) is 4.49 Å². The molecule has 1 aromatic carbocycles. The van der Waals surface area contributed by atoms with Gasteiger partial charge in [0.2, 0.25) is 5.82 Å². The first kappa shape index (κ1) is 22.2. The quantitative estimate of drug-likeness (QED) is 0.482. The van der Waals surface area contributed by atoms with Crippen molar-refractivity contribution < 1.29 is 27.3 Å². The second-order valence-electron chi connectivity index (χ2n) is 5.53. The summed E-state index contributed by atoms with van der Waals surface area (Å²) in [6.07, 6.45) is -3.27. The van der Waals surface area contributed by atoms with E-state index < -0.39 is 12.1 Å². The van der Waals surface area contributed by atoms with Crippen LogP contribution < -0.4 is 10.8 Å². The van der Waals surface area contributed by atoms with Crippen molar-refractivity contribution in [3.8, 4) is 11.4 Å². The van der Waals surface area contributed by atoms with Crippen LogP contribution in [-0.4, -0.2) is 35.2 Å². The highest BCUT2D eigenvalue weighted by Gasteiger charge is 2.38. The number of rotatable bonds is 8. The number of aromatic nitrogens is 2. The van der Waals surface area contributed by atoms with Crippen molar-refractivity contribution in [3.05, 3.63) is 46.3 Å². The van der Waals surface area contributed by atoms with Gasteiger partial charge in [-0.15, -0.1) is 0 Å². The van der Waals surface area contributed by atoms with Crippen molar-refractivity contribution in [2.75, 3.05) is 13.2 Å². The van der Waals surface area contributed by atoms with Crippen LogP contribution in [0.3, 0.4) is 0 Å². The van der Waals surface area contributed by atoms with Crippen molar-refractivity contribution in [2.24, 2.45) is 0 Å². The Labute approximate surface area is 167 Å². The normalized spacial score (nSPS) is 12.5. The highest BCUT2D eigenvalue weighted by atomic mass is 35.5. The van der Waals surface area contributed by atoms with Crippen LogP contribution in [-0.2, 0) is 11.0 Å². The van der Waals surface area contributed by atoms with E-state index in [-0.39, 0.29) is 41.0 Å². The van der Waals surface area contributed by atoms with Crippen molar-refractivity contribution in [2.45, 2.75) is 19.1 Å². The van der Waals surface area contributed by atoms with Crippen LogP contribution in [0.1, 0.15) is 23.2 Å². The van der Waals surface area contributed by atoms with Gasteiger partial charge in [-0.05, 0) is 25.1 Å². The van der Waals surface area contributed by atoms with Crippen LogP contribution in [0.15, 0.2) is 39.4 Å². The molecule has 1 amide bonds. The van der Waals surface area contributed by atoms with Crippen molar-refractivity contribution in [3.63, 3.8) is 0 Å². The minimum Gasteiger partial charge on any atom is -0.350 e. The van der Waals surface area contributed by atoms with Gasteiger partial charge >= 0.3 is 12.1 Å². The van der Waals surface area contributed by atoms with Crippen molar-refractivity contribution in [1.82, 2.24) is 20.9 Å². The topological polar surface area (TPSA) is 89.3 Å². The fourth-order valence-corrected chi connectivity index (χ4v) is 2.04. The highest BCUT2D eigenvalue weighted by Crippen LogP contribution is 2.29. The van der Waals surface area contributed by atoms with Crippen LogP contribution in [0.2, 0.25) is 0 Å². The molecule has 1 atom stereocenters. The molecule has 2 N–H and O–H groups in total. The largest absolute Gasteiger partial charge is 0.471 e. The summed E-state index contributed by atoms with van der Waals surface area (Å²) in [5.74, 6) is -2.02. The molecule has 1 heterocycles. The zero-order chi connectivity index (χ0) is 20.7. The fourth-order valence-electron chi connectivity index (χ4n) is 1.91. The minimum atomic E-state index is -4.72. The van der Waals surface area contributed by atoms with Gasteiger partial charge < -0.3 is 9.84 Å². The lowest BCUT2D eigenvalue weighted by Crippen LogP contribution is -2.39. The molecule has 0 aliphatic rings. The molecular weight excluding hydrogens is 424 g/mol. The lowest BCUT2D eigenvalue weighted by molar-refractivity contribution is -0.159. The standard InChI is InChI=1S/C16H15Cl2F3N4O3/c1-9(24-27-7-6-12(17)18)8-22-14(26)11-4-2-10(3-5-11)13-23-15(28-25-13)16(19,20)21/h2-6,9,24H,7-8H2,1H3,(H,22,26). The molecule has 0 saturated carbocycles. The number of alkyl halides is 3. The number of hydroxylamine groups is 1. The summed E-state index contributed by atoms with van der Waals surface area (Å²) in [5.41, 5.74) is 3.29. The first-order chi connectivity index (χ1) is 13.2. The van der Waals surface area contributed by atoms with Gasteiger partial charge in [-0.3, -0.25) is 9.63 Å². The Kier molecular flexibility index (Phi) is 7.81. The molecule has 1 unspecified atom stereocenters. The summed E-state index contributed by atoms with van der Waals surface area (Å²) in [6.45, 7) is 2.21. The summed E-state index contributed by atoms with van der Waals surface area (Å²) in [6, 6.07) is 5.53. The number of carbonyl (C=O) groups excluding carboxylic acids is 1. The summed E-state index contributed by atoms with van der Waals surface area (Å²) in [4.78, 5) is 20.5. The molecule has 28 heavy (non-hydrogen) atoms. The predicted octanol–water partition coefficient (Wildman–Crippen LogP) is 3.71. The van der Waals surface area contributed by atoms with E-state index in [9.17, 15) is 18.0 Å². The Morgan fingerprint density at radius 3 is 2.57 bits per heavy atom. The predicted molar refractivity (Wildman–Crippen MR) is 95.4 cm³/mol. The first-order valence-corrected chi connectivity index (χ1v) is 8.60. The van der Waals surface area contributed by atoms with E-state index >= 15 is 0 Å². The van der Waals surface area contributed by atoms with E-state index in [0.717, 1.165) is 0 Å². The van der Waals surface area contributed by atoms with Crippen molar-refractivity contribution in [1.29, 1.82) is 0 Å². The second-order valence-corrected chi connectivity index (χ2v) is 6.54. The fraction of sp³-hybridized carbons (Fsp3) is 0.312. The highest BCUT2D eigenvalue weighted by molar-refractivity contribution is 6.55. The number of carbonyl (C=O) groups is 1. The summed E-state index contributed by atoms with van der Waals surface area (Å²) < 4.78 is 41.7. The van der Waals surface area contributed by atoms with E-state index in [4.69, 9.17) is 28.0 Å². The maximum Gasteiger partial charge on any atom is 0.471 e. The molecule has 0 saturated heterocycles. The third-order valence-corrected chi connectivity index (χ3v) is 3.56. The van der Waals surface area contributed by atoms with E-state index in [1.807, 2.05) is 0 Å². The second kappa shape index (κ2) is 9.87. The Hall–Kier alpha value is -2.14. The number of hydrogen-bond donors (Lipinski definition) is 2. The van der Waals surface area contributed by atoms with E-state index in [0.29, 0.717) is 5.56 Å². The molecule has 152 valence electrons. The molecule has 0 radical (unpaired) electrons. The van der Waals surface area contributed by atoms with Crippen LogP contribution in [0.4, 0.5) is 13.2 Å². The Morgan fingerprint density at radius 2 is 2.00 bits per heavy atom. The molecule has 0 aliphatic carbocycles. The smallest absolute Gasteiger partial charge is 0.350 e. The molecule has 2 aromatic rings. The number of nitrogens with one attached hydrogen (secondary N) is 2. The molecule has 0 spiro atoms. The average molecular weight is 439 g/mol. The van der Waals surface area contributed by atoms with E-state index in [2.05, 4.69) is 25.5 Å². The van der Waals surface area contributed by atoms with E-state index in [1.54, 1.807) is 6.92 Å². The first-order valence-electron chi connectivity index (χ1n) is 7.85. The molecule has 12 heteroatoms. The maximum atomic E-state index is 12.5. The number of hydrogen-bond acceptors (Lipinski definition) is 6. The maximum absolute atomic E-state index is 12.5. The third kappa shape index (κ3) is 6.79. The molecular formula is C16H15Cl2F3N4O3. The van der Waals surface area contributed by atoms with Crippen LogP contribution in [0.5, 0.6) is 0 Å². The SMILES string of the molecule is CC(CNC(=O)c1ccc(-c2noc(C(F)(F)F)n2)cc1)NOCC=C(Cl)Cl. The van der Waals surface area contributed by atoms with E-state index in [1.165, 1.54) is 30.3 Å². The average Bonchev–Trinajstić information content (AvgIpc) is 3.14. The molecule has 0 fully saturated rings. The molecule has 1 aromatic heterocycles. The number of nitrogens with zero attached hydrogens (tertiary/aromatic N) is 2. The zero-order valence-electron chi connectivity index (χ0n) is 14.4. The number of benzene rings is 1. The summed E-state index contributed by atoms with van der Waals surface area (Å²) in [5, 5.41) is 5.97. The Balaban J connectivity index is 1.86. The van der Waals surface area contributed by atoms with Gasteiger partial charge in [-0.2, -0.15) is 23.6 Å². The van der Waals surface area contributed by atoms with Gasteiger partial charge in [-0.25, -0.2) is 0 Å². The molecule has 0 bridgehead atoms. The summed E-state index contributed by atoms with van der Waals surface area (Å²) >= 11 is 10.9. The Bertz CT molecular complexity index is 821. The van der Waals surface area contributed by atoms with Gasteiger partial charge in [0.25, 0.3) is 5.91 Å². The minimum absolute atomic E-state index is 0.0849. The van der Waals surface area contributed by atoms with Gasteiger partial charge in [0.15, 0.2) is 0 Å². The lowest BCUT2D eigenvalue weighted by Gasteiger charge is -2.14. The van der Waals surface area contributed by atoms with Crippen LogP contribution in [0.25, 0.3) is 11.4 Å². The van der Waals surface area contributed by atoms with Crippen LogP contribution >= 0.6 is 23.2 Å². The third-order valence-electron chi connectivity index (χ3n) is 3.25. The number of amides is 1.